The third kappa shape index (κ3) is 3.75. The van der Waals surface area contributed by atoms with Crippen molar-refractivity contribution in [3.05, 3.63) is 69.2 Å². The molecule has 0 saturated carbocycles. The van der Waals surface area contributed by atoms with Gasteiger partial charge in [-0.05, 0) is 31.5 Å². The molecule has 0 spiro atoms. The summed E-state index contributed by atoms with van der Waals surface area (Å²) in [5.41, 5.74) is 7.12. The van der Waals surface area contributed by atoms with Crippen LogP contribution in [0.5, 0.6) is 0 Å². The minimum absolute atomic E-state index is 0.502. The van der Waals surface area contributed by atoms with E-state index in [-0.39, 0.29) is 0 Å². The maximum absolute atomic E-state index is 6.11. The van der Waals surface area contributed by atoms with Gasteiger partial charge in [-0.3, -0.25) is 0 Å². The highest BCUT2D eigenvalue weighted by atomic mass is 35.5. The molecule has 0 aliphatic carbocycles. The predicted molar refractivity (Wildman–Crippen MR) is 86.7 cm³/mol. The summed E-state index contributed by atoms with van der Waals surface area (Å²) < 4.78 is 0. The highest BCUT2D eigenvalue weighted by molar-refractivity contribution is 6.35. The number of halogens is 2. The Morgan fingerprint density at radius 3 is 2.25 bits per heavy atom. The quantitative estimate of drug-likeness (QED) is 0.636. The van der Waals surface area contributed by atoms with Crippen molar-refractivity contribution in [2.24, 2.45) is 5.10 Å². The van der Waals surface area contributed by atoms with E-state index in [1.165, 1.54) is 5.56 Å². The normalized spacial score (nSPS) is 11.5. The van der Waals surface area contributed by atoms with Crippen molar-refractivity contribution in [1.82, 2.24) is 5.43 Å². The number of benzene rings is 2. The fourth-order valence-electron chi connectivity index (χ4n) is 1.80. The van der Waals surface area contributed by atoms with Gasteiger partial charge in [-0.15, -0.1) is 0 Å². The van der Waals surface area contributed by atoms with Gasteiger partial charge in [-0.25, -0.2) is 0 Å². The van der Waals surface area contributed by atoms with Crippen LogP contribution in [-0.2, 0) is 6.54 Å². The van der Waals surface area contributed by atoms with Crippen molar-refractivity contribution in [3.8, 4) is 0 Å². The zero-order valence-corrected chi connectivity index (χ0v) is 13.0. The summed E-state index contributed by atoms with van der Waals surface area (Å²) in [6.45, 7) is 4.53. The van der Waals surface area contributed by atoms with Crippen molar-refractivity contribution < 1.29 is 0 Å². The van der Waals surface area contributed by atoms with Crippen LogP contribution in [-0.4, -0.2) is 5.71 Å². The van der Waals surface area contributed by atoms with Crippen molar-refractivity contribution in [3.63, 3.8) is 0 Å². The number of rotatable bonds is 4. The van der Waals surface area contributed by atoms with Crippen LogP contribution in [0.1, 0.15) is 23.6 Å². The van der Waals surface area contributed by atoms with Crippen LogP contribution in [0, 0.1) is 6.92 Å². The van der Waals surface area contributed by atoms with E-state index >= 15 is 0 Å². The SMILES string of the molecule is C/C(=N/NCc1c(Cl)cccc1Cl)c1ccc(C)cc1. The molecule has 0 heterocycles. The average molecular weight is 307 g/mol. The smallest absolute Gasteiger partial charge is 0.0644 e. The molecule has 104 valence electrons. The van der Waals surface area contributed by atoms with Gasteiger partial charge < -0.3 is 5.43 Å². The maximum atomic E-state index is 6.11. The summed E-state index contributed by atoms with van der Waals surface area (Å²) in [7, 11) is 0. The molecule has 2 aromatic rings. The lowest BCUT2D eigenvalue weighted by atomic mass is 10.1. The monoisotopic (exact) mass is 306 g/mol. The molecule has 2 aromatic carbocycles. The molecule has 4 heteroatoms. The maximum Gasteiger partial charge on any atom is 0.0644 e. The van der Waals surface area contributed by atoms with Gasteiger partial charge in [0.25, 0.3) is 0 Å². The second kappa shape index (κ2) is 6.78. The van der Waals surface area contributed by atoms with Gasteiger partial charge in [0.05, 0.1) is 12.3 Å². The molecule has 0 bridgehead atoms. The van der Waals surface area contributed by atoms with Gasteiger partial charge in [0.1, 0.15) is 0 Å². The summed E-state index contributed by atoms with van der Waals surface area (Å²) in [6, 6.07) is 13.7. The van der Waals surface area contributed by atoms with Gasteiger partial charge in [0.15, 0.2) is 0 Å². The van der Waals surface area contributed by atoms with Gasteiger partial charge >= 0.3 is 0 Å². The Morgan fingerprint density at radius 1 is 1.05 bits per heavy atom. The molecule has 0 saturated heterocycles. The average Bonchev–Trinajstić information content (AvgIpc) is 2.42. The van der Waals surface area contributed by atoms with Crippen LogP contribution in [0.3, 0.4) is 0 Å². The molecule has 0 amide bonds. The molecule has 0 fully saturated rings. The summed E-state index contributed by atoms with van der Waals surface area (Å²) in [5, 5.41) is 5.64. The Hall–Kier alpha value is -1.51. The van der Waals surface area contributed by atoms with E-state index in [9.17, 15) is 0 Å². The van der Waals surface area contributed by atoms with Crippen LogP contribution in [0.4, 0.5) is 0 Å². The fourth-order valence-corrected chi connectivity index (χ4v) is 2.33. The fraction of sp³-hybridized carbons (Fsp3) is 0.188. The van der Waals surface area contributed by atoms with E-state index in [4.69, 9.17) is 23.2 Å². The van der Waals surface area contributed by atoms with Gasteiger partial charge in [0.2, 0.25) is 0 Å². The Morgan fingerprint density at radius 2 is 1.65 bits per heavy atom. The Bertz CT molecular complexity index is 599. The number of hydrogen-bond acceptors (Lipinski definition) is 2. The molecule has 0 radical (unpaired) electrons. The summed E-state index contributed by atoms with van der Waals surface area (Å²) >= 11 is 12.2. The van der Waals surface area contributed by atoms with E-state index in [2.05, 4.69) is 41.7 Å². The summed E-state index contributed by atoms with van der Waals surface area (Å²) in [6.07, 6.45) is 0. The van der Waals surface area contributed by atoms with Gasteiger partial charge in [0, 0.05) is 15.6 Å². The Balaban J connectivity index is 2.04. The van der Waals surface area contributed by atoms with Crippen molar-refractivity contribution >= 4 is 28.9 Å². The number of hydrazone groups is 1. The van der Waals surface area contributed by atoms with Crippen molar-refractivity contribution in [2.45, 2.75) is 20.4 Å². The second-order valence-corrected chi connectivity index (χ2v) is 5.41. The zero-order chi connectivity index (χ0) is 14.5. The van der Waals surface area contributed by atoms with Crippen LogP contribution >= 0.6 is 23.2 Å². The Kier molecular flexibility index (Phi) is 5.05. The molecule has 0 aliphatic rings. The van der Waals surface area contributed by atoms with Gasteiger partial charge in [-0.2, -0.15) is 5.10 Å². The predicted octanol–water partition coefficient (Wildman–Crippen LogP) is 4.82. The third-order valence-corrected chi connectivity index (χ3v) is 3.74. The molecular formula is C16H16Cl2N2. The molecule has 1 N–H and O–H groups in total. The highest BCUT2D eigenvalue weighted by Gasteiger charge is 2.04. The number of hydrogen-bond donors (Lipinski definition) is 1. The first-order valence-corrected chi connectivity index (χ1v) is 7.10. The second-order valence-electron chi connectivity index (χ2n) is 4.60. The first kappa shape index (κ1) is 14.9. The molecule has 20 heavy (non-hydrogen) atoms. The Labute approximate surface area is 129 Å². The summed E-state index contributed by atoms with van der Waals surface area (Å²) in [4.78, 5) is 0. The zero-order valence-electron chi connectivity index (χ0n) is 11.5. The first-order valence-electron chi connectivity index (χ1n) is 6.35. The van der Waals surface area contributed by atoms with Crippen LogP contribution < -0.4 is 5.43 Å². The van der Waals surface area contributed by atoms with Crippen LogP contribution in [0.2, 0.25) is 10.0 Å². The van der Waals surface area contributed by atoms with E-state index < -0.39 is 0 Å². The molecule has 0 aliphatic heterocycles. The lowest BCUT2D eigenvalue weighted by Gasteiger charge is -2.07. The molecule has 0 unspecified atom stereocenters. The lowest BCUT2D eigenvalue weighted by molar-refractivity contribution is 0.744. The van der Waals surface area contributed by atoms with E-state index in [0.717, 1.165) is 16.8 Å². The van der Waals surface area contributed by atoms with Gasteiger partial charge in [-0.1, -0.05) is 59.1 Å². The first-order chi connectivity index (χ1) is 9.58. The molecule has 2 nitrogen and oxygen atoms in total. The molecule has 0 aromatic heterocycles. The number of nitrogens with one attached hydrogen (secondary N) is 1. The van der Waals surface area contributed by atoms with Crippen molar-refractivity contribution in [2.75, 3.05) is 0 Å². The van der Waals surface area contributed by atoms with Crippen molar-refractivity contribution in [1.29, 1.82) is 0 Å². The summed E-state index contributed by atoms with van der Waals surface area (Å²) in [5.74, 6) is 0. The number of aryl methyl sites for hydroxylation is 1. The minimum Gasteiger partial charge on any atom is -0.305 e. The van der Waals surface area contributed by atoms with Crippen LogP contribution in [0.15, 0.2) is 47.6 Å². The topological polar surface area (TPSA) is 24.4 Å². The highest BCUT2D eigenvalue weighted by Crippen LogP contribution is 2.23. The largest absolute Gasteiger partial charge is 0.305 e. The standard InChI is InChI=1S/C16H16Cl2N2/c1-11-6-8-13(9-7-11)12(2)20-19-10-14-15(17)4-3-5-16(14)18/h3-9,19H,10H2,1-2H3/b20-12-. The molecule has 0 atom stereocenters. The van der Waals surface area contributed by atoms with Crippen LogP contribution in [0.25, 0.3) is 0 Å². The minimum atomic E-state index is 0.502. The number of nitrogens with zero attached hydrogens (tertiary/aromatic N) is 1. The van der Waals surface area contributed by atoms with E-state index in [1.807, 2.05) is 25.1 Å². The molecule has 2 rings (SSSR count). The lowest BCUT2D eigenvalue weighted by Crippen LogP contribution is -2.10. The van der Waals surface area contributed by atoms with E-state index in [1.54, 1.807) is 0 Å². The third-order valence-electron chi connectivity index (χ3n) is 3.03. The molecular weight excluding hydrogens is 291 g/mol. The van der Waals surface area contributed by atoms with E-state index in [0.29, 0.717) is 16.6 Å².